The zero-order chi connectivity index (χ0) is 41.9. The van der Waals surface area contributed by atoms with Gasteiger partial charge < -0.3 is 25.2 Å². The predicted molar refractivity (Wildman–Crippen MR) is 216 cm³/mol. The fourth-order valence-electron chi connectivity index (χ4n) is 10.2. The average Bonchev–Trinajstić information content (AvgIpc) is 3.77. The maximum Gasteiger partial charge on any atom is 0.268 e. The SMILES string of the molecule is N#Cc1ccc(OC2CCC(N3C(=O)CCC(N4C(=O)c5cc(F)c(N6CCC(CN7CC8(CCN(c9cnc(C(N)=O)cn9)C8)C7)CC6)cc5C4=O)C3=O)CC2)cc1Cl. The van der Waals surface area contributed by atoms with Gasteiger partial charge in [0.05, 0.1) is 45.9 Å². The van der Waals surface area contributed by atoms with Gasteiger partial charge in [-0.3, -0.25) is 33.8 Å². The van der Waals surface area contributed by atoms with Crippen LogP contribution in [0.5, 0.6) is 5.75 Å². The Labute approximate surface area is 351 Å². The Balaban J connectivity index is 0.780. The van der Waals surface area contributed by atoms with Gasteiger partial charge in [-0.1, -0.05) is 11.6 Å². The number of aromatic nitrogens is 2. The molecule has 0 radical (unpaired) electrons. The highest BCUT2D eigenvalue weighted by molar-refractivity contribution is 6.31. The summed E-state index contributed by atoms with van der Waals surface area (Å²) in [4.78, 5) is 83.6. The summed E-state index contributed by atoms with van der Waals surface area (Å²) in [7, 11) is 0. The number of nitrogens with two attached hydrogens (primary N) is 1. The molecular formula is C43H45ClFN9O6. The third-order valence-electron chi connectivity index (χ3n) is 13.3. The van der Waals surface area contributed by atoms with Crippen LogP contribution in [0.1, 0.15) is 94.6 Å². The first-order valence-corrected chi connectivity index (χ1v) is 21.1. The van der Waals surface area contributed by atoms with Crippen molar-refractivity contribution in [1.29, 1.82) is 5.26 Å². The summed E-state index contributed by atoms with van der Waals surface area (Å²) in [5.41, 5.74) is 6.27. The lowest BCUT2D eigenvalue weighted by molar-refractivity contribution is -0.155. The Morgan fingerprint density at radius 2 is 1.63 bits per heavy atom. The van der Waals surface area contributed by atoms with Gasteiger partial charge in [0.1, 0.15) is 35.2 Å². The lowest BCUT2D eigenvalue weighted by Crippen LogP contribution is -2.59. The first-order chi connectivity index (χ1) is 28.9. The number of nitriles is 1. The molecule has 1 spiro atoms. The number of amides is 5. The van der Waals surface area contributed by atoms with Gasteiger partial charge >= 0.3 is 0 Å². The molecule has 1 aliphatic carbocycles. The first kappa shape index (κ1) is 39.8. The summed E-state index contributed by atoms with van der Waals surface area (Å²) in [6.07, 6.45) is 7.70. The van der Waals surface area contributed by atoms with Gasteiger partial charge in [0.25, 0.3) is 23.6 Å². The number of fused-ring (bicyclic) bond motifs is 1. The van der Waals surface area contributed by atoms with E-state index < -0.39 is 41.5 Å². The zero-order valence-electron chi connectivity index (χ0n) is 33.0. The number of anilines is 2. The summed E-state index contributed by atoms with van der Waals surface area (Å²) >= 11 is 6.17. The minimum Gasteiger partial charge on any atom is -0.490 e. The molecule has 9 rings (SSSR count). The molecule has 60 heavy (non-hydrogen) atoms. The van der Waals surface area contributed by atoms with Gasteiger partial charge in [0, 0.05) is 69.8 Å². The van der Waals surface area contributed by atoms with Gasteiger partial charge in [-0.2, -0.15) is 5.26 Å². The van der Waals surface area contributed by atoms with Crippen LogP contribution in [0.3, 0.4) is 0 Å². The molecule has 1 saturated carbocycles. The summed E-state index contributed by atoms with van der Waals surface area (Å²) < 4.78 is 21.9. The van der Waals surface area contributed by atoms with Crippen LogP contribution >= 0.6 is 11.6 Å². The molecule has 1 atom stereocenters. The van der Waals surface area contributed by atoms with Gasteiger partial charge in [-0.05, 0) is 81.5 Å². The van der Waals surface area contributed by atoms with E-state index in [1.54, 1.807) is 24.4 Å². The standard InChI is InChI=1S/C43H45ClFN9O6/c44-32-15-29(4-1-26(32)18-46)60-28-5-2-27(3-6-28)53-38(55)8-7-35(42(53)59)54-40(57)30-16-33(45)36(17-31(30)41(54)58)51-12-9-25(10-13-51)21-50-22-43(23-50)11-14-52(24-43)37-20-48-34(19-49-37)39(47)56/h1,4,15-17,19-20,25,27-28,35H,2-3,5-14,21-24H2,(H2,47,56). The van der Waals surface area contributed by atoms with Crippen molar-refractivity contribution in [3.8, 4) is 11.8 Å². The first-order valence-electron chi connectivity index (χ1n) is 20.7. The van der Waals surface area contributed by atoms with Crippen molar-refractivity contribution in [3.63, 3.8) is 0 Å². The average molecular weight is 838 g/mol. The molecule has 6 aliphatic rings. The van der Waals surface area contributed by atoms with Crippen molar-refractivity contribution < 1.29 is 33.1 Å². The van der Waals surface area contributed by atoms with Crippen molar-refractivity contribution in [2.75, 3.05) is 55.6 Å². The number of hydrogen-bond acceptors (Lipinski definition) is 12. The number of rotatable bonds is 9. The van der Waals surface area contributed by atoms with E-state index in [-0.39, 0.29) is 52.8 Å². The molecule has 5 fully saturated rings. The zero-order valence-corrected chi connectivity index (χ0v) is 33.8. The number of carbonyl (C=O) groups is 5. The van der Waals surface area contributed by atoms with Crippen LogP contribution in [0.15, 0.2) is 42.7 Å². The number of imide groups is 2. The second-order valence-electron chi connectivity index (χ2n) is 17.2. The Morgan fingerprint density at radius 1 is 0.900 bits per heavy atom. The molecule has 1 unspecified atom stereocenters. The van der Waals surface area contributed by atoms with E-state index in [4.69, 9.17) is 27.3 Å². The van der Waals surface area contributed by atoms with Gasteiger partial charge in [0.2, 0.25) is 5.91 Å². The topological polar surface area (TPSA) is 186 Å². The molecule has 6 heterocycles. The molecule has 3 aromatic rings. The van der Waals surface area contributed by atoms with Crippen LogP contribution < -0.4 is 20.3 Å². The molecule has 17 heteroatoms. The number of likely N-dealkylation sites (tertiary alicyclic amines) is 2. The summed E-state index contributed by atoms with van der Waals surface area (Å²) in [6, 6.07) is 7.89. The number of piperidine rings is 2. The highest BCUT2D eigenvalue weighted by Gasteiger charge is 2.50. The Kier molecular flexibility index (Phi) is 10.4. The van der Waals surface area contributed by atoms with E-state index >= 15 is 4.39 Å². The fourth-order valence-corrected chi connectivity index (χ4v) is 10.4. The van der Waals surface area contributed by atoms with E-state index in [1.807, 2.05) is 11.0 Å². The van der Waals surface area contributed by atoms with Gasteiger partial charge in [-0.15, -0.1) is 0 Å². The van der Waals surface area contributed by atoms with Crippen LogP contribution in [-0.4, -0.2) is 118 Å². The minimum atomic E-state index is -1.16. The monoisotopic (exact) mass is 837 g/mol. The van der Waals surface area contributed by atoms with Crippen LogP contribution in [0.25, 0.3) is 0 Å². The van der Waals surface area contributed by atoms with Crippen molar-refractivity contribution in [2.45, 2.75) is 76.0 Å². The second-order valence-corrected chi connectivity index (χ2v) is 17.6. The maximum atomic E-state index is 15.8. The van der Waals surface area contributed by atoms with E-state index in [9.17, 15) is 24.0 Å². The number of carbonyl (C=O) groups excluding carboxylic acids is 5. The smallest absolute Gasteiger partial charge is 0.268 e. The number of halogens is 2. The normalized spacial score (nSPS) is 24.5. The number of primary amides is 1. The highest BCUT2D eigenvalue weighted by Crippen LogP contribution is 2.42. The molecule has 5 amide bonds. The van der Waals surface area contributed by atoms with Gasteiger partial charge in [-0.25, -0.2) is 14.4 Å². The number of benzene rings is 2. The Hall–Kier alpha value is -5.66. The van der Waals surface area contributed by atoms with Crippen LogP contribution in [-0.2, 0) is 9.59 Å². The van der Waals surface area contributed by atoms with Crippen molar-refractivity contribution in [2.24, 2.45) is 17.1 Å². The molecule has 2 aromatic carbocycles. The molecule has 312 valence electrons. The molecule has 15 nitrogen and oxygen atoms in total. The molecular weight excluding hydrogens is 793 g/mol. The summed E-state index contributed by atoms with van der Waals surface area (Å²) in [5, 5.41) is 9.45. The number of nitrogens with zero attached hydrogens (tertiary/aromatic N) is 8. The largest absolute Gasteiger partial charge is 0.490 e. The fraction of sp³-hybridized carbons (Fsp3) is 0.488. The number of ether oxygens (including phenoxy) is 1. The molecule has 0 bridgehead atoms. The van der Waals surface area contributed by atoms with Crippen molar-refractivity contribution in [3.05, 3.63) is 75.9 Å². The van der Waals surface area contributed by atoms with Crippen molar-refractivity contribution >= 4 is 52.6 Å². The van der Waals surface area contributed by atoms with E-state index in [2.05, 4.69) is 19.8 Å². The van der Waals surface area contributed by atoms with E-state index in [0.29, 0.717) is 61.0 Å². The minimum absolute atomic E-state index is 0.00134. The number of hydrogen-bond donors (Lipinski definition) is 1. The lowest BCUT2D eigenvalue weighted by atomic mass is 9.78. The maximum absolute atomic E-state index is 15.8. The summed E-state index contributed by atoms with van der Waals surface area (Å²) in [5.74, 6) is -1.78. The Bertz CT molecular complexity index is 2300. The highest BCUT2D eigenvalue weighted by atomic mass is 35.5. The molecule has 5 aliphatic heterocycles. The third-order valence-corrected chi connectivity index (χ3v) is 13.6. The van der Waals surface area contributed by atoms with E-state index in [0.717, 1.165) is 68.8 Å². The van der Waals surface area contributed by atoms with E-state index in [1.165, 1.54) is 17.2 Å². The lowest BCUT2D eigenvalue weighted by Gasteiger charge is -2.50. The molecule has 1 aromatic heterocycles. The summed E-state index contributed by atoms with van der Waals surface area (Å²) in [6.45, 7) is 5.90. The van der Waals surface area contributed by atoms with Crippen molar-refractivity contribution in [1.82, 2.24) is 24.7 Å². The van der Waals surface area contributed by atoms with Gasteiger partial charge in [0.15, 0.2) is 0 Å². The van der Waals surface area contributed by atoms with Crippen LogP contribution in [0.4, 0.5) is 15.9 Å². The van der Waals surface area contributed by atoms with Crippen LogP contribution in [0, 0.1) is 28.5 Å². The third kappa shape index (κ3) is 7.31. The molecule has 4 saturated heterocycles. The van der Waals surface area contributed by atoms with Crippen LogP contribution in [0.2, 0.25) is 5.02 Å². The quantitative estimate of drug-likeness (QED) is 0.304. The molecule has 2 N–H and O–H groups in total. The predicted octanol–water partition coefficient (Wildman–Crippen LogP) is 4.17. The Morgan fingerprint density at radius 3 is 2.30 bits per heavy atom. The second kappa shape index (κ2) is 15.7.